The molecule has 3 aromatic carbocycles. The van der Waals surface area contributed by atoms with E-state index in [9.17, 15) is 9.90 Å². The summed E-state index contributed by atoms with van der Waals surface area (Å²) in [5.74, 6) is 1.85. The van der Waals surface area contributed by atoms with Gasteiger partial charge in [-0.15, -0.1) is 0 Å². The first-order chi connectivity index (χ1) is 19.9. The molecule has 1 aliphatic carbocycles. The fourth-order valence-corrected chi connectivity index (χ4v) is 5.98. The Morgan fingerprint density at radius 1 is 0.878 bits per heavy atom. The van der Waals surface area contributed by atoms with Crippen LogP contribution >= 0.6 is 0 Å². The van der Waals surface area contributed by atoms with Crippen LogP contribution < -0.4 is 9.47 Å². The zero-order chi connectivity index (χ0) is 29.2. The molecule has 41 heavy (non-hydrogen) atoms. The number of carbonyl (C=O) groups excluding carboxylic acids is 1. The third kappa shape index (κ3) is 8.10. The average Bonchev–Trinajstić information content (AvgIpc) is 3.00. The van der Waals surface area contributed by atoms with Gasteiger partial charge >= 0.3 is 5.97 Å². The SMILES string of the molecule is C=C(C)C(=O)Oc1cc(-c2ccc(-c3ccc(C4CCC(CCCCC)CC4)cc3)cc2CC)ccc1OCCO. The highest BCUT2D eigenvalue weighted by atomic mass is 16.6. The normalized spacial score (nSPS) is 16.8. The topological polar surface area (TPSA) is 55.8 Å². The van der Waals surface area contributed by atoms with E-state index in [-0.39, 0.29) is 13.2 Å². The van der Waals surface area contributed by atoms with Gasteiger partial charge in [0.1, 0.15) is 6.61 Å². The molecule has 1 aliphatic rings. The van der Waals surface area contributed by atoms with Gasteiger partial charge in [-0.2, -0.15) is 0 Å². The Balaban J connectivity index is 1.50. The number of hydrogen-bond donors (Lipinski definition) is 1. The molecule has 218 valence electrons. The smallest absolute Gasteiger partial charge is 0.338 e. The van der Waals surface area contributed by atoms with Gasteiger partial charge in [-0.1, -0.05) is 94.6 Å². The summed E-state index contributed by atoms with van der Waals surface area (Å²) < 4.78 is 11.2. The zero-order valence-corrected chi connectivity index (χ0v) is 25.1. The highest BCUT2D eigenvalue weighted by molar-refractivity contribution is 5.89. The number of aryl methyl sites for hydroxylation is 1. The maximum Gasteiger partial charge on any atom is 0.338 e. The van der Waals surface area contributed by atoms with Gasteiger partial charge in [0, 0.05) is 5.57 Å². The summed E-state index contributed by atoms with van der Waals surface area (Å²) in [5, 5.41) is 9.19. The standard InChI is InChI=1S/C37H46O4/c1-5-7-8-9-27-10-12-29(13-11-27)30-14-16-31(17-15-30)32-18-20-34(28(6-2)24-32)33-19-21-35(40-23-22-38)36(25-33)41-37(39)26(3)4/h14-21,24-25,27,29,38H,3,5-13,22-23H2,1-2,4H3. The minimum atomic E-state index is -0.509. The minimum absolute atomic E-state index is 0.116. The van der Waals surface area contributed by atoms with Gasteiger partial charge in [0.25, 0.3) is 0 Å². The predicted molar refractivity (Wildman–Crippen MR) is 169 cm³/mol. The molecule has 0 aliphatic heterocycles. The molecule has 4 heteroatoms. The Kier molecular flexibility index (Phi) is 11.2. The molecular formula is C37H46O4. The van der Waals surface area contributed by atoms with E-state index >= 15 is 0 Å². The lowest BCUT2D eigenvalue weighted by Crippen LogP contribution is -2.13. The molecule has 1 saturated carbocycles. The maximum absolute atomic E-state index is 12.3. The summed E-state index contributed by atoms with van der Waals surface area (Å²) in [6, 6.07) is 21.4. The molecule has 4 nitrogen and oxygen atoms in total. The number of aliphatic hydroxyl groups is 1. The number of esters is 1. The summed E-state index contributed by atoms with van der Waals surface area (Å²) in [4.78, 5) is 12.3. The van der Waals surface area contributed by atoms with Crippen molar-refractivity contribution in [3.05, 3.63) is 83.9 Å². The lowest BCUT2D eigenvalue weighted by molar-refractivity contribution is -0.130. The third-order valence-corrected chi connectivity index (χ3v) is 8.42. The molecule has 1 N–H and O–H groups in total. The fraction of sp³-hybridized carbons (Fsp3) is 0.432. The summed E-state index contributed by atoms with van der Waals surface area (Å²) in [6.45, 7) is 9.73. The first-order valence-corrected chi connectivity index (χ1v) is 15.4. The number of aliphatic hydroxyl groups excluding tert-OH is 1. The highest BCUT2D eigenvalue weighted by Crippen LogP contribution is 2.39. The minimum Gasteiger partial charge on any atom is -0.487 e. The lowest BCUT2D eigenvalue weighted by atomic mass is 9.77. The lowest BCUT2D eigenvalue weighted by Gasteiger charge is -2.29. The number of ether oxygens (including phenoxy) is 2. The van der Waals surface area contributed by atoms with Crippen LogP contribution in [-0.2, 0) is 11.2 Å². The number of benzene rings is 3. The number of unbranched alkanes of at least 4 members (excludes halogenated alkanes) is 2. The van der Waals surface area contributed by atoms with E-state index in [0.29, 0.717) is 23.0 Å². The molecule has 0 atom stereocenters. The summed E-state index contributed by atoms with van der Waals surface area (Å²) >= 11 is 0. The van der Waals surface area contributed by atoms with Crippen molar-refractivity contribution in [2.24, 2.45) is 5.92 Å². The molecule has 0 spiro atoms. The van der Waals surface area contributed by atoms with Crippen LogP contribution in [0.4, 0.5) is 0 Å². The Morgan fingerprint density at radius 3 is 2.24 bits per heavy atom. The maximum atomic E-state index is 12.3. The molecule has 0 heterocycles. The molecule has 0 bridgehead atoms. The van der Waals surface area contributed by atoms with Crippen molar-refractivity contribution in [2.45, 2.75) is 84.5 Å². The molecule has 4 rings (SSSR count). The van der Waals surface area contributed by atoms with Crippen molar-refractivity contribution < 1.29 is 19.4 Å². The predicted octanol–water partition coefficient (Wildman–Crippen LogP) is 9.29. The quantitative estimate of drug-likeness (QED) is 0.0990. The molecule has 3 aromatic rings. The van der Waals surface area contributed by atoms with E-state index in [1.54, 1.807) is 13.0 Å². The van der Waals surface area contributed by atoms with Gasteiger partial charge in [0.05, 0.1) is 6.61 Å². The van der Waals surface area contributed by atoms with E-state index < -0.39 is 5.97 Å². The third-order valence-electron chi connectivity index (χ3n) is 8.42. The van der Waals surface area contributed by atoms with Crippen LogP contribution in [-0.4, -0.2) is 24.3 Å². The van der Waals surface area contributed by atoms with Crippen molar-refractivity contribution in [1.82, 2.24) is 0 Å². The fourth-order valence-electron chi connectivity index (χ4n) is 5.98. The van der Waals surface area contributed by atoms with E-state index in [0.717, 1.165) is 23.5 Å². The second-order valence-corrected chi connectivity index (χ2v) is 11.5. The Hall–Kier alpha value is -3.37. The van der Waals surface area contributed by atoms with Crippen molar-refractivity contribution in [3.63, 3.8) is 0 Å². The van der Waals surface area contributed by atoms with Gasteiger partial charge in [-0.25, -0.2) is 4.79 Å². The van der Waals surface area contributed by atoms with Gasteiger partial charge < -0.3 is 14.6 Å². The van der Waals surface area contributed by atoms with Crippen LogP contribution in [0.3, 0.4) is 0 Å². The summed E-state index contributed by atoms with van der Waals surface area (Å²) in [6.07, 6.45) is 11.8. The first kappa shape index (κ1) is 30.6. The van der Waals surface area contributed by atoms with E-state index in [1.165, 1.54) is 73.6 Å². The molecule has 0 amide bonds. The number of rotatable bonds is 13. The molecule has 0 aromatic heterocycles. The monoisotopic (exact) mass is 554 g/mol. The second kappa shape index (κ2) is 15.0. The average molecular weight is 555 g/mol. The largest absolute Gasteiger partial charge is 0.487 e. The first-order valence-electron chi connectivity index (χ1n) is 15.4. The van der Waals surface area contributed by atoms with Crippen LogP contribution in [0.2, 0.25) is 0 Å². The van der Waals surface area contributed by atoms with E-state index in [4.69, 9.17) is 9.47 Å². The zero-order valence-electron chi connectivity index (χ0n) is 25.1. The molecular weight excluding hydrogens is 508 g/mol. The number of carbonyl (C=O) groups is 1. The van der Waals surface area contributed by atoms with Crippen LogP contribution in [0.1, 0.15) is 89.2 Å². The van der Waals surface area contributed by atoms with Gasteiger partial charge in [0.15, 0.2) is 11.5 Å². The Bertz CT molecular complexity index is 1300. The Morgan fingerprint density at radius 2 is 1.59 bits per heavy atom. The van der Waals surface area contributed by atoms with Gasteiger partial charge in [-0.05, 0) is 96.4 Å². The molecule has 1 fully saturated rings. The van der Waals surface area contributed by atoms with Crippen molar-refractivity contribution in [3.8, 4) is 33.8 Å². The van der Waals surface area contributed by atoms with Gasteiger partial charge in [0.2, 0.25) is 0 Å². The Labute approximate surface area is 246 Å². The van der Waals surface area contributed by atoms with E-state index in [2.05, 4.69) is 62.9 Å². The van der Waals surface area contributed by atoms with Crippen LogP contribution in [0, 0.1) is 5.92 Å². The molecule has 0 radical (unpaired) electrons. The van der Waals surface area contributed by atoms with Crippen LogP contribution in [0.5, 0.6) is 11.5 Å². The van der Waals surface area contributed by atoms with E-state index in [1.807, 2.05) is 12.1 Å². The highest BCUT2D eigenvalue weighted by Gasteiger charge is 2.22. The molecule has 0 unspecified atom stereocenters. The van der Waals surface area contributed by atoms with Crippen LogP contribution in [0.15, 0.2) is 72.8 Å². The van der Waals surface area contributed by atoms with Crippen molar-refractivity contribution in [2.75, 3.05) is 13.2 Å². The van der Waals surface area contributed by atoms with Crippen molar-refractivity contribution >= 4 is 5.97 Å². The summed E-state index contributed by atoms with van der Waals surface area (Å²) in [5.41, 5.74) is 7.46. The van der Waals surface area contributed by atoms with Crippen molar-refractivity contribution in [1.29, 1.82) is 0 Å². The second-order valence-electron chi connectivity index (χ2n) is 11.5. The van der Waals surface area contributed by atoms with Gasteiger partial charge in [-0.3, -0.25) is 0 Å². The number of hydrogen-bond acceptors (Lipinski definition) is 4. The summed E-state index contributed by atoms with van der Waals surface area (Å²) in [7, 11) is 0. The van der Waals surface area contributed by atoms with Crippen LogP contribution in [0.25, 0.3) is 22.3 Å². The molecule has 0 saturated heterocycles.